The standard InChI is InChI=1S/C13H11Cl2NO3/c14-9-4-8(5-10(15)6-9)11(17)7-16-13(18)12-2-1-3-19-12/h1-6,11,17H,7H2,(H,16,18). The van der Waals surface area contributed by atoms with E-state index in [0.29, 0.717) is 15.6 Å². The molecule has 1 aromatic heterocycles. The summed E-state index contributed by atoms with van der Waals surface area (Å²) < 4.78 is 4.94. The lowest BCUT2D eigenvalue weighted by molar-refractivity contribution is 0.0889. The lowest BCUT2D eigenvalue weighted by Crippen LogP contribution is -2.28. The molecule has 0 aliphatic carbocycles. The number of nitrogens with one attached hydrogen (secondary N) is 1. The first-order valence-electron chi connectivity index (χ1n) is 5.52. The van der Waals surface area contributed by atoms with Gasteiger partial charge in [-0.2, -0.15) is 0 Å². The Labute approximate surface area is 119 Å². The van der Waals surface area contributed by atoms with Crippen LogP contribution in [0.2, 0.25) is 10.0 Å². The van der Waals surface area contributed by atoms with Crippen LogP contribution >= 0.6 is 23.2 Å². The van der Waals surface area contributed by atoms with Crippen LogP contribution in [0.3, 0.4) is 0 Å². The van der Waals surface area contributed by atoms with Crippen molar-refractivity contribution in [3.05, 3.63) is 58.0 Å². The van der Waals surface area contributed by atoms with Crippen molar-refractivity contribution >= 4 is 29.1 Å². The fourth-order valence-corrected chi connectivity index (χ4v) is 2.11. The fourth-order valence-electron chi connectivity index (χ4n) is 1.57. The normalized spacial score (nSPS) is 12.2. The molecule has 0 aliphatic heterocycles. The highest BCUT2D eigenvalue weighted by atomic mass is 35.5. The van der Waals surface area contributed by atoms with Crippen LogP contribution in [-0.4, -0.2) is 17.6 Å². The van der Waals surface area contributed by atoms with Gasteiger partial charge >= 0.3 is 0 Å². The molecule has 1 aromatic carbocycles. The van der Waals surface area contributed by atoms with Crippen molar-refractivity contribution in [2.24, 2.45) is 0 Å². The molecule has 100 valence electrons. The average molecular weight is 300 g/mol. The maximum Gasteiger partial charge on any atom is 0.287 e. The van der Waals surface area contributed by atoms with E-state index in [1.165, 1.54) is 12.3 Å². The highest BCUT2D eigenvalue weighted by Crippen LogP contribution is 2.23. The third-order valence-electron chi connectivity index (χ3n) is 2.47. The summed E-state index contributed by atoms with van der Waals surface area (Å²) >= 11 is 11.7. The summed E-state index contributed by atoms with van der Waals surface area (Å²) in [4.78, 5) is 11.6. The van der Waals surface area contributed by atoms with Crippen LogP contribution in [0, 0.1) is 0 Å². The van der Waals surface area contributed by atoms with Gasteiger partial charge in [0.25, 0.3) is 5.91 Å². The van der Waals surface area contributed by atoms with Gasteiger partial charge in [-0.15, -0.1) is 0 Å². The minimum absolute atomic E-state index is 0.0379. The van der Waals surface area contributed by atoms with Crippen LogP contribution < -0.4 is 5.32 Å². The largest absolute Gasteiger partial charge is 0.459 e. The summed E-state index contributed by atoms with van der Waals surface area (Å²) in [5.74, 6) is -0.200. The second-order valence-electron chi connectivity index (χ2n) is 3.91. The summed E-state index contributed by atoms with van der Waals surface area (Å²) in [7, 11) is 0. The number of hydrogen-bond donors (Lipinski definition) is 2. The van der Waals surface area contributed by atoms with Crippen LogP contribution in [0.15, 0.2) is 41.0 Å². The van der Waals surface area contributed by atoms with E-state index in [-0.39, 0.29) is 12.3 Å². The van der Waals surface area contributed by atoms with E-state index < -0.39 is 12.0 Å². The Balaban J connectivity index is 1.97. The van der Waals surface area contributed by atoms with E-state index in [1.807, 2.05) is 0 Å². The number of halogens is 2. The monoisotopic (exact) mass is 299 g/mol. The molecule has 4 nitrogen and oxygen atoms in total. The van der Waals surface area contributed by atoms with Crippen molar-refractivity contribution < 1.29 is 14.3 Å². The molecule has 2 aromatic rings. The van der Waals surface area contributed by atoms with Crippen LogP contribution in [0.4, 0.5) is 0 Å². The molecule has 0 fully saturated rings. The van der Waals surface area contributed by atoms with E-state index in [1.54, 1.807) is 24.3 Å². The van der Waals surface area contributed by atoms with Crippen LogP contribution in [-0.2, 0) is 0 Å². The van der Waals surface area contributed by atoms with Gasteiger partial charge in [-0.25, -0.2) is 0 Å². The van der Waals surface area contributed by atoms with Crippen molar-refractivity contribution in [3.63, 3.8) is 0 Å². The number of carbonyl (C=O) groups is 1. The van der Waals surface area contributed by atoms with Gasteiger partial charge in [0.2, 0.25) is 0 Å². The van der Waals surface area contributed by atoms with E-state index >= 15 is 0 Å². The number of carbonyl (C=O) groups excluding carboxylic acids is 1. The first kappa shape index (κ1) is 13.9. The Hall–Kier alpha value is -1.49. The van der Waals surface area contributed by atoms with E-state index in [9.17, 15) is 9.90 Å². The van der Waals surface area contributed by atoms with Gasteiger partial charge in [-0.05, 0) is 35.9 Å². The molecule has 1 heterocycles. The maximum atomic E-state index is 11.6. The number of hydrogen-bond acceptors (Lipinski definition) is 3. The lowest BCUT2D eigenvalue weighted by atomic mass is 10.1. The van der Waals surface area contributed by atoms with Crippen LogP contribution in [0.5, 0.6) is 0 Å². The molecule has 0 spiro atoms. The minimum Gasteiger partial charge on any atom is -0.459 e. The first-order chi connectivity index (χ1) is 9.06. The number of rotatable bonds is 4. The fraction of sp³-hybridized carbons (Fsp3) is 0.154. The smallest absolute Gasteiger partial charge is 0.287 e. The quantitative estimate of drug-likeness (QED) is 0.912. The lowest BCUT2D eigenvalue weighted by Gasteiger charge is -2.12. The summed E-state index contributed by atoms with van der Waals surface area (Å²) in [5, 5.41) is 13.4. The van der Waals surface area contributed by atoms with Crippen molar-refractivity contribution in [2.45, 2.75) is 6.10 Å². The van der Waals surface area contributed by atoms with Crippen LogP contribution in [0.25, 0.3) is 0 Å². The van der Waals surface area contributed by atoms with Crippen molar-refractivity contribution in [1.29, 1.82) is 0 Å². The second-order valence-corrected chi connectivity index (χ2v) is 4.78. The highest BCUT2D eigenvalue weighted by Gasteiger charge is 2.13. The number of benzene rings is 1. The Bertz CT molecular complexity index is 549. The molecule has 0 radical (unpaired) electrons. The predicted octanol–water partition coefficient (Wildman–Crippen LogP) is 3.05. The van der Waals surface area contributed by atoms with Gasteiger partial charge in [0.15, 0.2) is 5.76 Å². The molecule has 0 aliphatic rings. The zero-order valence-corrected chi connectivity index (χ0v) is 11.3. The maximum absolute atomic E-state index is 11.6. The van der Waals surface area contributed by atoms with Gasteiger partial charge in [0, 0.05) is 16.6 Å². The van der Waals surface area contributed by atoms with Crippen molar-refractivity contribution in [3.8, 4) is 0 Å². The summed E-state index contributed by atoms with van der Waals surface area (Å²) in [6.07, 6.45) is 0.511. The van der Waals surface area contributed by atoms with Gasteiger partial charge in [-0.3, -0.25) is 4.79 Å². The molecular weight excluding hydrogens is 289 g/mol. The summed E-state index contributed by atoms with van der Waals surface area (Å²) in [6, 6.07) is 7.91. The topological polar surface area (TPSA) is 62.5 Å². The molecule has 1 atom stereocenters. The molecule has 0 saturated heterocycles. The molecular formula is C13H11Cl2NO3. The van der Waals surface area contributed by atoms with Crippen LogP contribution in [0.1, 0.15) is 22.2 Å². The molecule has 1 amide bonds. The number of aliphatic hydroxyl groups is 1. The number of furan rings is 1. The van der Waals surface area contributed by atoms with E-state index in [2.05, 4.69) is 5.32 Å². The molecule has 2 rings (SSSR count). The molecule has 1 unspecified atom stereocenters. The summed E-state index contributed by atoms with van der Waals surface area (Å²) in [5.41, 5.74) is 0.539. The van der Waals surface area contributed by atoms with Gasteiger partial charge in [0.1, 0.15) is 0 Å². The zero-order chi connectivity index (χ0) is 13.8. The van der Waals surface area contributed by atoms with Crippen molar-refractivity contribution in [1.82, 2.24) is 5.32 Å². The predicted molar refractivity (Wildman–Crippen MR) is 72.5 cm³/mol. The van der Waals surface area contributed by atoms with Gasteiger partial charge in [0.05, 0.1) is 12.4 Å². The minimum atomic E-state index is -0.893. The van der Waals surface area contributed by atoms with Crippen molar-refractivity contribution in [2.75, 3.05) is 6.54 Å². The SMILES string of the molecule is O=C(NCC(O)c1cc(Cl)cc(Cl)c1)c1ccco1. The van der Waals surface area contributed by atoms with E-state index in [0.717, 1.165) is 0 Å². The van der Waals surface area contributed by atoms with Gasteiger partial charge in [-0.1, -0.05) is 23.2 Å². The third-order valence-corrected chi connectivity index (χ3v) is 2.91. The Morgan fingerprint density at radius 1 is 1.32 bits per heavy atom. The highest BCUT2D eigenvalue weighted by molar-refractivity contribution is 6.34. The molecule has 0 saturated carbocycles. The second kappa shape index (κ2) is 6.10. The third kappa shape index (κ3) is 3.73. The zero-order valence-electron chi connectivity index (χ0n) is 9.77. The summed E-state index contributed by atoms with van der Waals surface area (Å²) in [6.45, 7) is 0.0379. The van der Waals surface area contributed by atoms with Gasteiger partial charge < -0.3 is 14.8 Å². The average Bonchev–Trinajstić information content (AvgIpc) is 2.88. The molecule has 19 heavy (non-hydrogen) atoms. The molecule has 0 bridgehead atoms. The Morgan fingerprint density at radius 3 is 2.58 bits per heavy atom. The molecule has 6 heteroatoms. The first-order valence-corrected chi connectivity index (χ1v) is 6.27. The molecule has 2 N–H and O–H groups in total. The number of amides is 1. The van der Waals surface area contributed by atoms with E-state index in [4.69, 9.17) is 27.6 Å². The number of aliphatic hydroxyl groups excluding tert-OH is 1. The Kier molecular flexibility index (Phi) is 4.47. The Morgan fingerprint density at radius 2 is 2.00 bits per heavy atom.